The number of halogens is 1. The summed E-state index contributed by atoms with van der Waals surface area (Å²) in [7, 11) is -4.82. The molecule has 2 saturated heterocycles. The summed E-state index contributed by atoms with van der Waals surface area (Å²) in [5, 5.41) is 15.0. The van der Waals surface area contributed by atoms with Crippen molar-refractivity contribution in [1.82, 2.24) is 10.1 Å². The molecule has 2 aromatic carbocycles. The van der Waals surface area contributed by atoms with Crippen LogP contribution in [0.1, 0.15) is 77.3 Å². The Morgan fingerprint density at radius 3 is 1.95 bits per heavy atom. The molecule has 6 rings (SSSR count). The number of nitrogens with zero attached hydrogens (tertiary/aromatic N) is 4. The van der Waals surface area contributed by atoms with Gasteiger partial charge in [0.2, 0.25) is 5.69 Å². The van der Waals surface area contributed by atoms with Crippen molar-refractivity contribution >= 4 is 74.8 Å². The van der Waals surface area contributed by atoms with E-state index in [4.69, 9.17) is 9.68 Å². The Bertz CT molecular complexity index is 2270. The van der Waals surface area contributed by atoms with E-state index in [2.05, 4.69) is 9.37 Å². The van der Waals surface area contributed by atoms with Gasteiger partial charge in [-0.05, 0) is 55.8 Å². The first-order valence-electron chi connectivity index (χ1n) is 17.7. The van der Waals surface area contributed by atoms with Crippen molar-refractivity contribution in [3.05, 3.63) is 71.5 Å². The van der Waals surface area contributed by atoms with Crippen molar-refractivity contribution in [3.63, 3.8) is 0 Å². The number of hydroxylamine groups is 4. The molecule has 2 fully saturated rings. The second-order valence-corrected chi connectivity index (χ2v) is 16.6. The molecule has 0 aliphatic carbocycles. The van der Waals surface area contributed by atoms with Gasteiger partial charge in [-0.25, -0.2) is 18.0 Å². The van der Waals surface area contributed by atoms with Gasteiger partial charge in [0.1, 0.15) is 16.5 Å². The van der Waals surface area contributed by atoms with Crippen LogP contribution in [0.25, 0.3) is 0 Å². The molecule has 0 N–H and O–H groups in total. The molecule has 0 spiro atoms. The summed E-state index contributed by atoms with van der Waals surface area (Å²) < 4.78 is 42.4. The fourth-order valence-electron chi connectivity index (χ4n) is 7.30. The molecule has 23 heteroatoms. The van der Waals surface area contributed by atoms with E-state index in [9.17, 15) is 47.0 Å². The first-order chi connectivity index (χ1) is 26.8. The fourth-order valence-corrected chi connectivity index (χ4v) is 8.19. The van der Waals surface area contributed by atoms with Gasteiger partial charge in [0.05, 0.1) is 28.8 Å². The van der Waals surface area contributed by atoms with Gasteiger partial charge in [0.25, 0.3) is 23.6 Å². The minimum atomic E-state index is -4.82. The van der Waals surface area contributed by atoms with Gasteiger partial charge in [-0.3, -0.25) is 24.2 Å². The molecule has 4 amide bonds. The van der Waals surface area contributed by atoms with Gasteiger partial charge in [-0.15, -0.1) is 10.1 Å². The summed E-state index contributed by atoms with van der Waals surface area (Å²) in [6.07, 6.45) is 4.55. The maximum Gasteiger partial charge on any atom is 1.00 e. The number of imide groups is 2. The van der Waals surface area contributed by atoms with Crippen LogP contribution in [0, 0.1) is 0 Å². The van der Waals surface area contributed by atoms with E-state index in [0.717, 1.165) is 5.56 Å². The Labute approximate surface area is 452 Å². The number of rotatable bonds is 14. The van der Waals surface area contributed by atoms with Crippen LogP contribution < -0.4 is 137 Å². The molecular weight excluding hydrogens is 994 g/mol. The van der Waals surface area contributed by atoms with Gasteiger partial charge in [0, 0.05) is 71.6 Å². The zero-order valence-electron chi connectivity index (χ0n) is 33.6. The summed E-state index contributed by atoms with van der Waals surface area (Å²) in [4.78, 5) is 86.0. The number of amides is 4. The second kappa shape index (κ2) is 21.6. The molecule has 4 aliphatic heterocycles. The van der Waals surface area contributed by atoms with Crippen molar-refractivity contribution in [3.8, 4) is 0 Å². The summed E-state index contributed by atoms with van der Waals surface area (Å²) in [5.74, 6) is -4.13. The average Bonchev–Trinajstić information content (AvgIpc) is 3.78. The van der Waals surface area contributed by atoms with Crippen LogP contribution >= 0.6 is 12.0 Å². The molecule has 18 nitrogen and oxygen atoms in total. The maximum atomic E-state index is 12.9. The Morgan fingerprint density at radius 1 is 0.833 bits per heavy atom. The SMILES string of the molecule is CC1(C)C(/C=C/C=C2\N(CCC(=O)ON3C(=O)CCC3=O)c3ccc(S(=O)(=O)[O-])cc3C2(C)C)=[N+](CCC(=O)ON2C(=O)CCC2=O)c2ccc(SOO[O-])cc21.[I-].[K+].[K+]. The summed E-state index contributed by atoms with van der Waals surface area (Å²) in [6.45, 7) is 7.55. The molecule has 0 atom stereocenters. The Kier molecular flexibility index (Phi) is 19.1. The summed E-state index contributed by atoms with van der Waals surface area (Å²) >= 11 is 0.707. The third kappa shape index (κ3) is 11.3. The molecule has 4 aliphatic rings. The monoisotopic (exact) mass is 1030 g/mol. The standard InChI is InChI=1S/C37H38N4O14S2.HI.2K/c1-36(2)24-20-22(56-55-54-48)8-10-26(24)38(18-16-34(46)52-40-30(42)12-13-31(40)43)28(36)6-5-7-29-37(3,4)25-21-23(57(49,50)51)9-11-27(25)39(29)19-17-35(47)53-41-32(44)14-15-33(41)45;;;/h5-11,20-21H,12-19H2,1-4H3,(H-,48,49,50,51);1H;;/q;;2*+1/p-2. The minimum absolute atomic E-state index is 0. The molecule has 310 valence electrons. The number of anilines is 1. The maximum absolute atomic E-state index is 12.9. The molecule has 4 heterocycles. The van der Waals surface area contributed by atoms with Crippen molar-refractivity contribution < 1.29 is 197 Å². The van der Waals surface area contributed by atoms with Crippen molar-refractivity contribution in [2.45, 2.75) is 86.8 Å². The number of carbonyl (C=O) groups is 6. The van der Waals surface area contributed by atoms with Crippen molar-refractivity contribution in [2.75, 3.05) is 18.0 Å². The third-order valence-corrected chi connectivity index (χ3v) is 11.6. The summed E-state index contributed by atoms with van der Waals surface area (Å²) in [6, 6.07) is 9.20. The van der Waals surface area contributed by atoms with E-state index in [1.54, 1.807) is 41.3 Å². The molecule has 0 unspecified atom stereocenters. The zero-order chi connectivity index (χ0) is 41.4. The molecule has 60 heavy (non-hydrogen) atoms. The van der Waals surface area contributed by atoms with Crippen molar-refractivity contribution in [2.24, 2.45) is 0 Å². The number of hydrogen-bond donors (Lipinski definition) is 0. The third-order valence-electron chi connectivity index (χ3n) is 10.2. The number of allylic oxidation sites excluding steroid dienone is 4. The fraction of sp³-hybridized carbons (Fsp3) is 0.378. The topological polar surface area (TPSA) is 232 Å². The van der Waals surface area contributed by atoms with Crippen LogP contribution in [0.3, 0.4) is 0 Å². The van der Waals surface area contributed by atoms with E-state index in [1.165, 1.54) is 18.2 Å². The van der Waals surface area contributed by atoms with E-state index >= 15 is 0 Å². The molecular formula is C37H37IK2N4O14S2. The first kappa shape index (κ1) is 53.1. The first-order valence-corrected chi connectivity index (χ1v) is 19.8. The van der Waals surface area contributed by atoms with E-state index in [1.807, 2.05) is 32.3 Å². The van der Waals surface area contributed by atoms with E-state index < -0.39 is 61.4 Å². The molecule has 2 aromatic rings. The van der Waals surface area contributed by atoms with Crippen molar-refractivity contribution in [1.29, 1.82) is 0 Å². The largest absolute Gasteiger partial charge is 1.00 e. The predicted octanol–water partition coefficient (Wildman–Crippen LogP) is -6.56. The predicted molar refractivity (Wildman–Crippen MR) is 193 cm³/mol. The van der Waals surface area contributed by atoms with Crippen LogP contribution in [0.4, 0.5) is 11.4 Å². The van der Waals surface area contributed by atoms with Crippen LogP contribution in [0.5, 0.6) is 0 Å². The van der Waals surface area contributed by atoms with Crippen LogP contribution in [-0.2, 0) is 68.8 Å². The number of carbonyl (C=O) groups excluding carboxylic acids is 6. The zero-order valence-corrected chi connectivity index (χ0v) is 43.6. The van der Waals surface area contributed by atoms with Gasteiger partial charge >= 0.3 is 115 Å². The smallest absolute Gasteiger partial charge is 1.00 e. The minimum Gasteiger partial charge on any atom is -1.00 e. The molecule has 0 bridgehead atoms. The van der Waals surface area contributed by atoms with E-state index in [-0.39, 0.29) is 178 Å². The van der Waals surface area contributed by atoms with Gasteiger partial charge in [0.15, 0.2) is 12.3 Å². The second-order valence-electron chi connectivity index (χ2n) is 14.5. The average molecular weight is 1030 g/mol. The van der Waals surface area contributed by atoms with Gasteiger partial charge < -0.3 is 48.4 Å². The number of hydrogen-bond acceptors (Lipinski definition) is 16. The molecule has 0 radical (unpaired) electrons. The molecule has 0 saturated carbocycles. The molecule has 0 aromatic heterocycles. The van der Waals surface area contributed by atoms with Crippen LogP contribution in [0.15, 0.2) is 70.1 Å². The Balaban J connectivity index is 0.00000320. The van der Waals surface area contributed by atoms with Crippen LogP contribution in [-0.4, -0.2) is 82.0 Å². The Hall–Kier alpha value is -1.25. The van der Waals surface area contributed by atoms with Gasteiger partial charge in [-0.2, -0.15) is 8.91 Å². The number of benzene rings is 2. The number of fused-ring (bicyclic) bond motifs is 2. The Morgan fingerprint density at radius 2 is 1.40 bits per heavy atom. The van der Waals surface area contributed by atoms with E-state index in [0.29, 0.717) is 55.4 Å². The normalized spacial score (nSPS) is 18.4. The van der Waals surface area contributed by atoms with Gasteiger partial charge in [-0.1, -0.05) is 19.9 Å². The van der Waals surface area contributed by atoms with Crippen LogP contribution in [0.2, 0.25) is 0 Å². The quantitative estimate of drug-likeness (QED) is 0.0250. The summed E-state index contributed by atoms with van der Waals surface area (Å²) in [5.41, 5.74) is 2.13.